The Morgan fingerprint density at radius 1 is 1.18 bits per heavy atom. The maximum atomic E-state index is 12.7. The van der Waals surface area contributed by atoms with Gasteiger partial charge in [-0.1, -0.05) is 13.0 Å². The smallest absolute Gasteiger partial charge is 0.254 e. The van der Waals surface area contributed by atoms with E-state index in [0.29, 0.717) is 35.9 Å². The maximum absolute atomic E-state index is 12.7. The Kier molecular flexibility index (Phi) is 5.25. The fourth-order valence-corrected chi connectivity index (χ4v) is 3.99. The number of hydrogen-bond donors (Lipinski definition) is 1. The van der Waals surface area contributed by atoms with E-state index in [1.54, 1.807) is 0 Å². The molecule has 28 heavy (non-hydrogen) atoms. The predicted octanol–water partition coefficient (Wildman–Crippen LogP) is 4.52. The van der Waals surface area contributed by atoms with Crippen molar-refractivity contribution in [1.82, 2.24) is 4.90 Å². The Labute approximate surface area is 166 Å². The molecule has 1 N–H and O–H groups in total. The molecule has 0 spiro atoms. The topological polar surface area (TPSA) is 62.6 Å². The molecular formula is C23H28N2O3. The summed E-state index contributed by atoms with van der Waals surface area (Å²) >= 11 is 0. The molecule has 2 fully saturated rings. The molecular weight excluding hydrogens is 352 g/mol. The molecule has 0 bridgehead atoms. The van der Waals surface area contributed by atoms with Crippen molar-refractivity contribution in [2.45, 2.75) is 51.9 Å². The third kappa shape index (κ3) is 3.98. The molecule has 1 saturated heterocycles. The van der Waals surface area contributed by atoms with E-state index < -0.39 is 0 Å². The summed E-state index contributed by atoms with van der Waals surface area (Å²) in [5, 5.41) is 2.96. The standard InChI is InChI=1S/C23H28N2O3/c1-15-14-19(15)21-10-8-17(28-21)9-11-22(26)24-20-7-5-6-18(16(20)2)23(27)25-12-3-4-13-25/h5-8,10,15,19H,3-4,9,11-14H2,1-2H3,(H,24,26). The second-order valence-corrected chi connectivity index (χ2v) is 8.15. The monoisotopic (exact) mass is 380 g/mol. The van der Waals surface area contributed by atoms with Crippen molar-refractivity contribution in [3.05, 3.63) is 53.0 Å². The number of nitrogens with one attached hydrogen (secondary N) is 1. The molecule has 2 amide bonds. The van der Waals surface area contributed by atoms with Crippen LogP contribution in [0.15, 0.2) is 34.7 Å². The zero-order valence-corrected chi connectivity index (χ0v) is 16.7. The van der Waals surface area contributed by atoms with Crippen LogP contribution in [0.4, 0.5) is 5.69 Å². The quantitative estimate of drug-likeness (QED) is 0.801. The predicted molar refractivity (Wildman–Crippen MR) is 108 cm³/mol. The van der Waals surface area contributed by atoms with Crippen molar-refractivity contribution >= 4 is 17.5 Å². The van der Waals surface area contributed by atoms with Crippen LogP contribution in [0.2, 0.25) is 0 Å². The van der Waals surface area contributed by atoms with E-state index >= 15 is 0 Å². The highest BCUT2D eigenvalue weighted by Crippen LogP contribution is 2.47. The van der Waals surface area contributed by atoms with Gasteiger partial charge in [0.05, 0.1) is 0 Å². The molecule has 148 valence electrons. The summed E-state index contributed by atoms with van der Waals surface area (Å²) in [6.45, 7) is 5.76. The van der Waals surface area contributed by atoms with E-state index in [4.69, 9.17) is 4.42 Å². The van der Waals surface area contributed by atoms with Gasteiger partial charge in [-0.2, -0.15) is 0 Å². The highest BCUT2D eigenvalue weighted by Gasteiger charge is 2.36. The van der Waals surface area contributed by atoms with Crippen molar-refractivity contribution in [1.29, 1.82) is 0 Å². The number of amides is 2. The highest BCUT2D eigenvalue weighted by atomic mass is 16.3. The van der Waals surface area contributed by atoms with Gasteiger partial charge in [0.2, 0.25) is 5.91 Å². The molecule has 0 radical (unpaired) electrons. The van der Waals surface area contributed by atoms with Gasteiger partial charge in [-0.05, 0) is 61.9 Å². The van der Waals surface area contributed by atoms with Gasteiger partial charge in [-0.15, -0.1) is 0 Å². The van der Waals surface area contributed by atoms with Crippen LogP contribution >= 0.6 is 0 Å². The zero-order valence-electron chi connectivity index (χ0n) is 16.7. The molecule has 4 rings (SSSR count). The van der Waals surface area contributed by atoms with Gasteiger partial charge in [0.25, 0.3) is 5.91 Å². The Bertz CT molecular complexity index is 880. The number of rotatable bonds is 6. The van der Waals surface area contributed by atoms with Gasteiger partial charge in [-0.25, -0.2) is 0 Å². The molecule has 1 aliphatic heterocycles. The Morgan fingerprint density at radius 3 is 2.64 bits per heavy atom. The first-order chi connectivity index (χ1) is 13.5. The van der Waals surface area contributed by atoms with E-state index in [9.17, 15) is 9.59 Å². The van der Waals surface area contributed by atoms with Crippen molar-refractivity contribution in [2.24, 2.45) is 5.92 Å². The van der Waals surface area contributed by atoms with Crippen LogP contribution in [0.25, 0.3) is 0 Å². The minimum Gasteiger partial charge on any atom is -0.466 e. The summed E-state index contributed by atoms with van der Waals surface area (Å²) < 4.78 is 5.88. The summed E-state index contributed by atoms with van der Waals surface area (Å²) in [6.07, 6.45) is 4.26. The van der Waals surface area contributed by atoms with Gasteiger partial charge in [0.1, 0.15) is 11.5 Å². The number of aryl methyl sites for hydroxylation is 1. The number of carbonyl (C=O) groups excluding carboxylic acids is 2. The van der Waals surface area contributed by atoms with Crippen LogP contribution < -0.4 is 5.32 Å². The second kappa shape index (κ2) is 7.82. The minimum atomic E-state index is -0.0633. The first-order valence-electron chi connectivity index (χ1n) is 10.3. The van der Waals surface area contributed by atoms with Crippen molar-refractivity contribution in [3.63, 3.8) is 0 Å². The van der Waals surface area contributed by atoms with Gasteiger partial charge in [-0.3, -0.25) is 9.59 Å². The van der Waals surface area contributed by atoms with E-state index in [1.807, 2.05) is 42.2 Å². The van der Waals surface area contributed by atoms with Crippen molar-refractivity contribution in [3.8, 4) is 0 Å². The van der Waals surface area contributed by atoms with Crippen LogP contribution in [-0.2, 0) is 11.2 Å². The highest BCUT2D eigenvalue weighted by molar-refractivity contribution is 5.99. The average molecular weight is 380 g/mol. The average Bonchev–Trinajstić information content (AvgIpc) is 3.11. The number of likely N-dealkylation sites (tertiary alicyclic amines) is 1. The first-order valence-corrected chi connectivity index (χ1v) is 10.3. The molecule has 2 aromatic rings. The Hall–Kier alpha value is -2.56. The molecule has 2 unspecified atom stereocenters. The SMILES string of the molecule is Cc1c(NC(=O)CCc2ccc(C3CC3C)o2)cccc1C(=O)N1CCCC1. The van der Waals surface area contributed by atoms with Gasteiger partial charge < -0.3 is 14.6 Å². The largest absolute Gasteiger partial charge is 0.466 e. The Balaban J connectivity index is 1.35. The Morgan fingerprint density at radius 2 is 1.93 bits per heavy atom. The van der Waals surface area contributed by atoms with Gasteiger partial charge in [0.15, 0.2) is 0 Å². The lowest BCUT2D eigenvalue weighted by Crippen LogP contribution is -2.28. The minimum absolute atomic E-state index is 0.0588. The van der Waals surface area contributed by atoms with Crippen LogP contribution in [-0.4, -0.2) is 29.8 Å². The molecule has 1 saturated carbocycles. The number of carbonyl (C=O) groups is 2. The third-order valence-corrected chi connectivity index (χ3v) is 5.99. The summed E-state index contributed by atoms with van der Waals surface area (Å²) in [5.74, 6) is 3.17. The van der Waals surface area contributed by atoms with Gasteiger partial charge >= 0.3 is 0 Å². The fraction of sp³-hybridized carbons (Fsp3) is 0.478. The number of furan rings is 1. The first kappa shape index (κ1) is 18.8. The lowest BCUT2D eigenvalue weighted by molar-refractivity contribution is -0.116. The van der Waals surface area contributed by atoms with Crippen LogP contribution in [0.5, 0.6) is 0 Å². The molecule has 2 atom stereocenters. The fourth-order valence-electron chi connectivity index (χ4n) is 3.99. The molecule has 1 aliphatic carbocycles. The lowest BCUT2D eigenvalue weighted by Gasteiger charge is -2.18. The van der Waals surface area contributed by atoms with Crippen molar-refractivity contribution in [2.75, 3.05) is 18.4 Å². The zero-order chi connectivity index (χ0) is 19.7. The molecule has 5 heteroatoms. The maximum Gasteiger partial charge on any atom is 0.254 e. The van der Waals surface area contributed by atoms with Crippen LogP contribution in [0, 0.1) is 12.8 Å². The molecule has 2 heterocycles. The number of anilines is 1. The summed E-state index contributed by atoms with van der Waals surface area (Å²) in [7, 11) is 0. The second-order valence-electron chi connectivity index (χ2n) is 8.15. The van der Waals surface area contributed by atoms with E-state index in [0.717, 1.165) is 43.0 Å². The number of benzene rings is 1. The van der Waals surface area contributed by atoms with E-state index in [1.165, 1.54) is 6.42 Å². The molecule has 1 aromatic carbocycles. The van der Waals surface area contributed by atoms with Crippen molar-refractivity contribution < 1.29 is 14.0 Å². The van der Waals surface area contributed by atoms with Gasteiger partial charge in [0, 0.05) is 43.1 Å². The number of hydrogen-bond acceptors (Lipinski definition) is 3. The molecule has 5 nitrogen and oxygen atoms in total. The third-order valence-electron chi connectivity index (χ3n) is 5.99. The molecule has 1 aromatic heterocycles. The normalized spacial score (nSPS) is 21.0. The molecule has 2 aliphatic rings. The summed E-state index contributed by atoms with van der Waals surface area (Å²) in [4.78, 5) is 27.0. The van der Waals surface area contributed by atoms with E-state index in [-0.39, 0.29) is 11.8 Å². The lowest BCUT2D eigenvalue weighted by atomic mass is 10.1. The number of nitrogens with zero attached hydrogens (tertiary/aromatic N) is 1. The van der Waals surface area contributed by atoms with E-state index in [2.05, 4.69) is 12.2 Å². The summed E-state index contributed by atoms with van der Waals surface area (Å²) in [5.41, 5.74) is 2.21. The summed E-state index contributed by atoms with van der Waals surface area (Å²) in [6, 6.07) is 9.55. The van der Waals surface area contributed by atoms with Crippen LogP contribution in [0.3, 0.4) is 0 Å². The van der Waals surface area contributed by atoms with Crippen LogP contribution in [0.1, 0.15) is 66.0 Å².